The topological polar surface area (TPSA) is 53.3 Å². The Labute approximate surface area is 187 Å². The lowest BCUT2D eigenvalue weighted by Crippen LogP contribution is -2.28. The van der Waals surface area contributed by atoms with Gasteiger partial charge in [-0.25, -0.2) is 4.98 Å². The van der Waals surface area contributed by atoms with Crippen LogP contribution >= 0.6 is 23.8 Å². The van der Waals surface area contributed by atoms with Crippen LogP contribution in [0.3, 0.4) is 0 Å². The van der Waals surface area contributed by atoms with Gasteiger partial charge in [0.05, 0.1) is 18.4 Å². The molecule has 1 aromatic carbocycles. The molecule has 0 amide bonds. The molecule has 1 saturated heterocycles. The molecule has 30 heavy (non-hydrogen) atoms. The smallest absolute Gasteiger partial charge is 0.171 e. The zero-order valence-electron chi connectivity index (χ0n) is 16.7. The molecular formula is C23H25ClN4OS. The molecular weight excluding hydrogens is 416 g/mol. The largest absolute Gasteiger partial charge is 0.459 e. The number of hydrogen-bond acceptors (Lipinski definition) is 4. The Bertz CT molecular complexity index is 964. The van der Waals surface area contributed by atoms with Crippen molar-refractivity contribution in [2.24, 2.45) is 0 Å². The molecule has 0 aliphatic carbocycles. The highest BCUT2D eigenvalue weighted by atomic mass is 35.5. The number of nitrogens with one attached hydrogen (secondary N) is 2. The van der Waals surface area contributed by atoms with E-state index < -0.39 is 0 Å². The number of hydrogen-bond donors (Lipinski definition) is 2. The minimum Gasteiger partial charge on any atom is -0.459 e. The van der Waals surface area contributed by atoms with Crippen molar-refractivity contribution >= 4 is 40.4 Å². The number of rotatable bonds is 5. The summed E-state index contributed by atoms with van der Waals surface area (Å²) >= 11 is 11.4. The fourth-order valence-electron chi connectivity index (χ4n) is 3.53. The summed E-state index contributed by atoms with van der Waals surface area (Å²) < 4.78 is 5.89. The van der Waals surface area contributed by atoms with Crippen LogP contribution in [-0.2, 0) is 6.54 Å². The van der Waals surface area contributed by atoms with Gasteiger partial charge in [0, 0.05) is 23.7 Å². The summed E-state index contributed by atoms with van der Waals surface area (Å²) in [5, 5.41) is 7.59. The summed E-state index contributed by atoms with van der Waals surface area (Å²) in [4.78, 5) is 6.97. The number of halogens is 1. The summed E-state index contributed by atoms with van der Waals surface area (Å²) in [5.41, 5.74) is 1.86. The van der Waals surface area contributed by atoms with Gasteiger partial charge in [-0.05, 0) is 73.6 Å². The third-order valence-electron chi connectivity index (χ3n) is 5.15. The first-order valence-corrected chi connectivity index (χ1v) is 11.1. The van der Waals surface area contributed by atoms with Gasteiger partial charge in [-0.2, -0.15) is 0 Å². The maximum atomic E-state index is 5.94. The summed E-state index contributed by atoms with van der Waals surface area (Å²) in [6.07, 6.45) is 6.93. The van der Waals surface area contributed by atoms with E-state index in [0.29, 0.717) is 16.7 Å². The summed E-state index contributed by atoms with van der Waals surface area (Å²) in [7, 11) is 0. The number of thiocarbonyl (C=S) groups is 1. The van der Waals surface area contributed by atoms with E-state index >= 15 is 0 Å². The van der Waals surface area contributed by atoms with Crippen LogP contribution in [0.2, 0.25) is 5.02 Å². The van der Waals surface area contributed by atoms with Crippen molar-refractivity contribution in [2.75, 3.05) is 23.3 Å². The lowest BCUT2D eigenvalue weighted by atomic mass is 10.2. The molecule has 5 nitrogen and oxygen atoms in total. The van der Waals surface area contributed by atoms with Gasteiger partial charge in [0.1, 0.15) is 17.3 Å². The quantitative estimate of drug-likeness (QED) is 0.484. The third-order valence-corrected chi connectivity index (χ3v) is 5.65. The minimum absolute atomic E-state index is 0.499. The molecule has 156 valence electrons. The highest BCUT2D eigenvalue weighted by Gasteiger charge is 2.11. The lowest BCUT2D eigenvalue weighted by molar-refractivity contribution is 0.516. The Morgan fingerprint density at radius 1 is 1.00 bits per heavy atom. The summed E-state index contributed by atoms with van der Waals surface area (Å²) in [6, 6.07) is 15.5. The van der Waals surface area contributed by atoms with Crippen LogP contribution in [0, 0.1) is 0 Å². The molecule has 0 atom stereocenters. The molecule has 3 heterocycles. The maximum absolute atomic E-state index is 5.94. The average molecular weight is 441 g/mol. The molecule has 2 N–H and O–H groups in total. The van der Waals surface area contributed by atoms with Crippen molar-refractivity contribution in [1.82, 2.24) is 10.3 Å². The normalized spacial score (nSPS) is 14.2. The second-order valence-electron chi connectivity index (χ2n) is 7.39. The molecule has 7 heteroatoms. The molecule has 0 unspecified atom stereocenters. The Hall–Kier alpha value is -2.57. The molecule has 2 aromatic heterocycles. The molecule has 0 radical (unpaired) electrons. The van der Waals surface area contributed by atoms with Crippen LogP contribution in [0.5, 0.6) is 0 Å². The number of pyridine rings is 1. The van der Waals surface area contributed by atoms with Gasteiger partial charge in [-0.15, -0.1) is 0 Å². The molecule has 1 fully saturated rings. The first-order valence-electron chi connectivity index (χ1n) is 10.3. The Morgan fingerprint density at radius 3 is 2.47 bits per heavy atom. The first kappa shape index (κ1) is 20.7. The Balaban J connectivity index is 1.28. The van der Waals surface area contributed by atoms with E-state index in [-0.39, 0.29) is 0 Å². The second-order valence-corrected chi connectivity index (χ2v) is 8.23. The van der Waals surface area contributed by atoms with Gasteiger partial charge >= 0.3 is 0 Å². The van der Waals surface area contributed by atoms with Crippen LogP contribution in [0.4, 0.5) is 11.5 Å². The van der Waals surface area contributed by atoms with Crippen LogP contribution in [0.1, 0.15) is 31.4 Å². The molecule has 3 aromatic rings. The van der Waals surface area contributed by atoms with Crippen LogP contribution in [-0.4, -0.2) is 23.2 Å². The van der Waals surface area contributed by atoms with E-state index in [9.17, 15) is 0 Å². The first-order chi connectivity index (χ1) is 14.7. The van der Waals surface area contributed by atoms with Gasteiger partial charge in [-0.3, -0.25) is 0 Å². The molecule has 0 bridgehead atoms. The number of nitrogens with zero attached hydrogens (tertiary/aromatic N) is 2. The zero-order chi connectivity index (χ0) is 20.8. The lowest BCUT2D eigenvalue weighted by Gasteiger charge is -2.21. The Morgan fingerprint density at radius 2 is 1.77 bits per heavy atom. The highest BCUT2D eigenvalue weighted by molar-refractivity contribution is 7.80. The summed E-state index contributed by atoms with van der Waals surface area (Å²) in [5.74, 6) is 2.64. The van der Waals surface area contributed by atoms with Crippen LogP contribution in [0.15, 0.2) is 59.1 Å². The standard InChI is InChI=1S/C23H25ClN4OS/c24-18-7-5-17(6-8-18)21-11-10-20(29-21)16-26-23(30)27-19-9-12-22(25-15-19)28-13-3-1-2-4-14-28/h5-12,15H,1-4,13-14,16H2,(H2,26,27,30). The predicted molar refractivity (Wildman–Crippen MR) is 127 cm³/mol. The third kappa shape index (κ3) is 5.52. The van der Waals surface area contributed by atoms with Gasteiger partial charge in [0.2, 0.25) is 0 Å². The number of benzene rings is 1. The number of furan rings is 1. The van der Waals surface area contributed by atoms with Crippen molar-refractivity contribution in [3.63, 3.8) is 0 Å². The maximum Gasteiger partial charge on any atom is 0.171 e. The van der Waals surface area contributed by atoms with Crippen molar-refractivity contribution in [3.05, 3.63) is 65.5 Å². The second kappa shape index (κ2) is 9.96. The van der Waals surface area contributed by atoms with Gasteiger partial charge in [-0.1, -0.05) is 24.4 Å². The van der Waals surface area contributed by atoms with Crippen molar-refractivity contribution in [3.8, 4) is 11.3 Å². The van der Waals surface area contributed by atoms with Crippen LogP contribution in [0.25, 0.3) is 11.3 Å². The van der Waals surface area contributed by atoms with Gasteiger partial charge in [0.25, 0.3) is 0 Å². The van der Waals surface area contributed by atoms with E-state index in [0.717, 1.165) is 41.7 Å². The van der Waals surface area contributed by atoms with Crippen molar-refractivity contribution in [2.45, 2.75) is 32.2 Å². The average Bonchev–Trinajstić information content (AvgIpc) is 3.07. The van der Waals surface area contributed by atoms with E-state index in [1.807, 2.05) is 48.7 Å². The molecule has 1 aliphatic rings. The van der Waals surface area contributed by atoms with E-state index in [4.69, 9.17) is 28.2 Å². The minimum atomic E-state index is 0.499. The van der Waals surface area contributed by atoms with Gasteiger partial charge in [0.15, 0.2) is 5.11 Å². The van der Waals surface area contributed by atoms with Crippen LogP contribution < -0.4 is 15.5 Å². The number of anilines is 2. The van der Waals surface area contributed by atoms with E-state index in [2.05, 4.69) is 26.6 Å². The molecule has 0 saturated carbocycles. The molecule has 1 aliphatic heterocycles. The molecule has 4 rings (SSSR count). The Kier molecular flexibility index (Phi) is 6.87. The fraction of sp³-hybridized carbons (Fsp3) is 0.304. The van der Waals surface area contributed by atoms with E-state index in [1.165, 1.54) is 25.7 Å². The van der Waals surface area contributed by atoms with E-state index in [1.54, 1.807) is 0 Å². The predicted octanol–water partition coefficient (Wildman–Crippen LogP) is 5.86. The monoisotopic (exact) mass is 440 g/mol. The molecule has 0 spiro atoms. The highest BCUT2D eigenvalue weighted by Crippen LogP contribution is 2.24. The number of aromatic nitrogens is 1. The zero-order valence-corrected chi connectivity index (χ0v) is 18.3. The van der Waals surface area contributed by atoms with Gasteiger partial charge < -0.3 is 20.0 Å². The SMILES string of the molecule is S=C(NCc1ccc(-c2ccc(Cl)cc2)o1)Nc1ccc(N2CCCCCC2)nc1. The van der Waals surface area contributed by atoms with Crippen molar-refractivity contribution < 1.29 is 4.42 Å². The fourth-order valence-corrected chi connectivity index (χ4v) is 3.85. The van der Waals surface area contributed by atoms with Crippen molar-refractivity contribution in [1.29, 1.82) is 0 Å². The summed E-state index contributed by atoms with van der Waals surface area (Å²) in [6.45, 7) is 2.67.